The van der Waals surface area contributed by atoms with Gasteiger partial charge in [-0.1, -0.05) is 11.6 Å². The van der Waals surface area contributed by atoms with E-state index in [1.807, 2.05) is 12.1 Å². The lowest BCUT2D eigenvalue weighted by molar-refractivity contribution is 0.161. The van der Waals surface area contributed by atoms with Crippen LogP contribution in [-0.2, 0) is 4.74 Å². The Balaban J connectivity index is 0.00000338. The molecule has 0 aliphatic carbocycles. The van der Waals surface area contributed by atoms with Gasteiger partial charge in [-0.05, 0) is 44.3 Å². The van der Waals surface area contributed by atoms with Gasteiger partial charge in [-0.2, -0.15) is 0 Å². The molecule has 0 unspecified atom stereocenters. The average Bonchev–Trinajstić information content (AvgIpc) is 2.64. The Bertz CT molecular complexity index is 535. The number of nitrogens with two attached hydrogens (primary N) is 1. The molecule has 2 N–H and O–H groups in total. The highest BCUT2D eigenvalue weighted by Crippen LogP contribution is 2.19. The van der Waals surface area contributed by atoms with E-state index >= 15 is 0 Å². The molecule has 8 heteroatoms. The van der Waals surface area contributed by atoms with Crippen molar-refractivity contribution in [3.63, 3.8) is 0 Å². The molecule has 0 atom stereocenters. The van der Waals surface area contributed by atoms with E-state index in [-0.39, 0.29) is 24.0 Å². The van der Waals surface area contributed by atoms with Gasteiger partial charge in [0.05, 0.1) is 6.61 Å². The molecule has 1 aromatic rings. The van der Waals surface area contributed by atoms with E-state index in [1.54, 1.807) is 7.11 Å². The molecule has 1 aliphatic rings. The predicted molar refractivity (Wildman–Crippen MR) is 121 cm³/mol. The third-order valence-corrected chi connectivity index (χ3v) is 4.70. The van der Waals surface area contributed by atoms with Crippen LogP contribution in [0.3, 0.4) is 0 Å². The van der Waals surface area contributed by atoms with E-state index in [1.165, 1.54) is 5.69 Å². The second kappa shape index (κ2) is 12.6. The van der Waals surface area contributed by atoms with Crippen LogP contribution in [0.4, 0.5) is 5.69 Å². The van der Waals surface area contributed by atoms with E-state index in [0.29, 0.717) is 5.96 Å². The van der Waals surface area contributed by atoms with Crippen molar-refractivity contribution in [1.29, 1.82) is 0 Å². The SMILES string of the molecule is COCCN(C)CCCN=C(N)N1CCN(c2ccc(Cl)cc2)CC1.I. The summed E-state index contributed by atoms with van der Waals surface area (Å²) in [5, 5.41) is 0.770. The summed E-state index contributed by atoms with van der Waals surface area (Å²) in [4.78, 5) is 11.3. The molecule has 1 aromatic carbocycles. The highest BCUT2D eigenvalue weighted by atomic mass is 127. The Labute approximate surface area is 179 Å². The lowest BCUT2D eigenvalue weighted by Crippen LogP contribution is -2.51. The van der Waals surface area contributed by atoms with E-state index < -0.39 is 0 Å². The minimum absolute atomic E-state index is 0. The van der Waals surface area contributed by atoms with Gasteiger partial charge in [0.2, 0.25) is 0 Å². The maximum atomic E-state index is 6.16. The van der Waals surface area contributed by atoms with Gasteiger partial charge in [-0.15, -0.1) is 24.0 Å². The van der Waals surface area contributed by atoms with Crippen molar-refractivity contribution < 1.29 is 4.74 Å². The van der Waals surface area contributed by atoms with Gasteiger partial charge in [-0.25, -0.2) is 0 Å². The van der Waals surface area contributed by atoms with Crippen molar-refractivity contribution >= 4 is 47.2 Å². The molecule has 0 spiro atoms. The first-order valence-corrected chi connectivity index (χ1v) is 9.21. The zero-order chi connectivity index (χ0) is 18.1. The highest BCUT2D eigenvalue weighted by Gasteiger charge is 2.18. The van der Waals surface area contributed by atoms with Crippen LogP contribution in [0.5, 0.6) is 0 Å². The van der Waals surface area contributed by atoms with Crippen LogP contribution in [0.25, 0.3) is 0 Å². The summed E-state index contributed by atoms with van der Waals surface area (Å²) < 4.78 is 5.08. The minimum atomic E-state index is 0. The number of ether oxygens (including phenoxy) is 1. The summed E-state index contributed by atoms with van der Waals surface area (Å²) >= 11 is 5.95. The number of nitrogens with zero attached hydrogens (tertiary/aromatic N) is 4. The molecule has 2 rings (SSSR count). The molecular formula is C18H31ClIN5O. The number of benzene rings is 1. The normalized spacial score (nSPS) is 15.3. The fourth-order valence-electron chi connectivity index (χ4n) is 2.84. The number of likely N-dealkylation sites (N-methyl/N-ethyl adjacent to an activating group) is 1. The molecule has 0 radical (unpaired) electrons. The molecule has 6 nitrogen and oxygen atoms in total. The van der Waals surface area contributed by atoms with Crippen molar-refractivity contribution in [2.45, 2.75) is 6.42 Å². The number of methoxy groups -OCH3 is 1. The predicted octanol–water partition coefficient (Wildman–Crippen LogP) is 2.36. The van der Waals surface area contributed by atoms with E-state index in [4.69, 9.17) is 22.1 Å². The third-order valence-electron chi connectivity index (χ3n) is 4.44. The van der Waals surface area contributed by atoms with Gasteiger partial charge in [-0.3, -0.25) is 4.99 Å². The first-order valence-electron chi connectivity index (χ1n) is 8.83. The number of rotatable bonds is 8. The fourth-order valence-corrected chi connectivity index (χ4v) is 2.96. The number of anilines is 1. The number of hydrogen-bond acceptors (Lipinski definition) is 4. The molecular weight excluding hydrogens is 465 g/mol. The van der Waals surface area contributed by atoms with Gasteiger partial charge in [0.25, 0.3) is 0 Å². The van der Waals surface area contributed by atoms with Gasteiger partial charge in [0.1, 0.15) is 0 Å². The third kappa shape index (κ3) is 7.85. The molecule has 1 aliphatic heterocycles. The Kier molecular flexibility index (Phi) is 11.3. The molecule has 0 saturated carbocycles. The summed E-state index contributed by atoms with van der Waals surface area (Å²) in [5.41, 5.74) is 7.36. The van der Waals surface area contributed by atoms with Crippen molar-refractivity contribution in [3.05, 3.63) is 29.3 Å². The molecule has 1 saturated heterocycles. The Morgan fingerprint density at radius 2 is 1.85 bits per heavy atom. The standard InChI is InChI=1S/C18H30ClN5O.HI/c1-22(14-15-25-2)9-3-8-21-18(20)24-12-10-23(11-13-24)17-6-4-16(19)5-7-17;/h4-7H,3,8-15H2,1-2H3,(H2,20,21);1H. The van der Waals surface area contributed by atoms with Crippen LogP contribution in [0.15, 0.2) is 29.3 Å². The van der Waals surface area contributed by atoms with Gasteiger partial charge in [0.15, 0.2) is 5.96 Å². The topological polar surface area (TPSA) is 57.3 Å². The van der Waals surface area contributed by atoms with Crippen molar-refractivity contribution in [2.24, 2.45) is 10.7 Å². The van der Waals surface area contributed by atoms with Crippen molar-refractivity contribution in [2.75, 3.05) is 71.5 Å². The number of hydrogen-bond donors (Lipinski definition) is 1. The molecule has 26 heavy (non-hydrogen) atoms. The summed E-state index contributed by atoms with van der Waals surface area (Å²) in [6.45, 7) is 7.15. The second-order valence-corrected chi connectivity index (χ2v) is 6.78. The number of guanidine groups is 1. The van der Waals surface area contributed by atoms with E-state index in [9.17, 15) is 0 Å². The first-order chi connectivity index (χ1) is 12.1. The van der Waals surface area contributed by atoms with Gasteiger partial charge >= 0.3 is 0 Å². The lowest BCUT2D eigenvalue weighted by atomic mass is 10.2. The summed E-state index contributed by atoms with van der Waals surface area (Å²) in [5.74, 6) is 0.662. The van der Waals surface area contributed by atoms with E-state index in [0.717, 1.165) is 63.9 Å². The van der Waals surface area contributed by atoms with Crippen LogP contribution < -0.4 is 10.6 Å². The van der Waals surface area contributed by atoms with Crippen LogP contribution in [0.2, 0.25) is 5.02 Å². The Morgan fingerprint density at radius 3 is 2.46 bits per heavy atom. The van der Waals surface area contributed by atoms with Gasteiger partial charge < -0.3 is 25.2 Å². The first kappa shape index (κ1) is 23.3. The van der Waals surface area contributed by atoms with Crippen LogP contribution in [0, 0.1) is 0 Å². The lowest BCUT2D eigenvalue weighted by Gasteiger charge is -2.36. The summed E-state index contributed by atoms with van der Waals surface area (Å²) in [6.07, 6.45) is 1.01. The van der Waals surface area contributed by atoms with Crippen LogP contribution >= 0.6 is 35.6 Å². The number of halogens is 2. The number of piperazine rings is 1. The molecule has 148 valence electrons. The zero-order valence-corrected chi connectivity index (χ0v) is 18.8. The summed E-state index contributed by atoms with van der Waals surface area (Å²) in [6, 6.07) is 8.00. The maximum absolute atomic E-state index is 6.16. The van der Waals surface area contributed by atoms with Crippen molar-refractivity contribution in [1.82, 2.24) is 9.80 Å². The maximum Gasteiger partial charge on any atom is 0.191 e. The minimum Gasteiger partial charge on any atom is -0.383 e. The van der Waals surface area contributed by atoms with Crippen LogP contribution in [0.1, 0.15) is 6.42 Å². The molecule has 0 bridgehead atoms. The average molecular weight is 496 g/mol. The highest BCUT2D eigenvalue weighted by molar-refractivity contribution is 14.0. The van der Waals surface area contributed by atoms with E-state index in [2.05, 4.69) is 38.9 Å². The molecule has 1 fully saturated rings. The Hall–Kier alpha value is -0.770. The van der Waals surface area contributed by atoms with Gasteiger partial charge in [0, 0.05) is 57.1 Å². The molecule has 0 amide bonds. The smallest absolute Gasteiger partial charge is 0.191 e. The van der Waals surface area contributed by atoms with Crippen LogP contribution in [-0.4, -0.2) is 82.3 Å². The quantitative estimate of drug-likeness (QED) is 0.260. The zero-order valence-electron chi connectivity index (χ0n) is 15.7. The monoisotopic (exact) mass is 495 g/mol. The second-order valence-electron chi connectivity index (χ2n) is 6.34. The largest absolute Gasteiger partial charge is 0.383 e. The van der Waals surface area contributed by atoms with Crippen molar-refractivity contribution in [3.8, 4) is 0 Å². The number of aliphatic imine (C=N–C) groups is 1. The molecule has 0 aromatic heterocycles. The Morgan fingerprint density at radius 1 is 1.19 bits per heavy atom. The summed E-state index contributed by atoms with van der Waals surface area (Å²) in [7, 11) is 3.83. The fraction of sp³-hybridized carbons (Fsp3) is 0.611. The molecule has 1 heterocycles.